The molecule has 1 saturated heterocycles. The van der Waals surface area contributed by atoms with Gasteiger partial charge in [-0.2, -0.15) is 0 Å². The van der Waals surface area contributed by atoms with Gasteiger partial charge in [0, 0.05) is 29.1 Å². The minimum absolute atomic E-state index is 0.299. The quantitative estimate of drug-likeness (QED) is 0.875. The van der Waals surface area contributed by atoms with Crippen LogP contribution in [-0.4, -0.2) is 19.1 Å². The van der Waals surface area contributed by atoms with Gasteiger partial charge in [-0.15, -0.1) is 0 Å². The van der Waals surface area contributed by atoms with Crippen molar-refractivity contribution in [1.29, 1.82) is 0 Å². The highest BCUT2D eigenvalue weighted by molar-refractivity contribution is 9.10. The molecule has 0 aromatic heterocycles. The predicted octanol–water partition coefficient (Wildman–Crippen LogP) is 2.00. The largest absolute Gasteiger partial charge is 0.314 e. The predicted molar refractivity (Wildman–Crippen MR) is 64.8 cm³/mol. The standard InChI is InChI=1S/C12H15BrN2/c13-10-3-1-9(2-4-10)12(5-6-12)15-11-7-14-8-11/h1-4,11,14-15H,5-8H2. The molecule has 0 bridgehead atoms. The molecule has 15 heavy (non-hydrogen) atoms. The van der Waals surface area contributed by atoms with Crippen LogP contribution in [0.4, 0.5) is 0 Å². The van der Waals surface area contributed by atoms with Crippen LogP contribution in [0.3, 0.4) is 0 Å². The van der Waals surface area contributed by atoms with Gasteiger partial charge in [-0.25, -0.2) is 0 Å². The van der Waals surface area contributed by atoms with Gasteiger partial charge in [0.15, 0.2) is 0 Å². The van der Waals surface area contributed by atoms with Gasteiger partial charge in [0.25, 0.3) is 0 Å². The molecule has 2 fully saturated rings. The normalized spacial score (nSPS) is 23.5. The second kappa shape index (κ2) is 3.58. The van der Waals surface area contributed by atoms with Gasteiger partial charge in [-0.1, -0.05) is 28.1 Å². The number of benzene rings is 1. The van der Waals surface area contributed by atoms with Crippen molar-refractivity contribution in [2.24, 2.45) is 0 Å². The van der Waals surface area contributed by atoms with Crippen molar-refractivity contribution in [2.45, 2.75) is 24.4 Å². The SMILES string of the molecule is Brc1ccc(C2(NC3CNC3)CC2)cc1. The molecule has 0 atom stereocenters. The topological polar surface area (TPSA) is 24.1 Å². The van der Waals surface area contributed by atoms with Gasteiger partial charge in [0.05, 0.1) is 0 Å². The molecule has 80 valence electrons. The van der Waals surface area contributed by atoms with E-state index in [4.69, 9.17) is 0 Å². The number of rotatable bonds is 3. The molecule has 0 radical (unpaired) electrons. The first-order valence-corrected chi connectivity index (χ1v) is 6.32. The summed E-state index contributed by atoms with van der Waals surface area (Å²) in [4.78, 5) is 0. The third kappa shape index (κ3) is 1.84. The summed E-state index contributed by atoms with van der Waals surface area (Å²) in [5, 5.41) is 7.06. The van der Waals surface area contributed by atoms with E-state index in [1.807, 2.05) is 0 Å². The average molecular weight is 267 g/mol. The molecular formula is C12H15BrN2. The number of nitrogens with one attached hydrogen (secondary N) is 2. The van der Waals surface area contributed by atoms with Crippen molar-refractivity contribution >= 4 is 15.9 Å². The molecule has 1 aliphatic carbocycles. The van der Waals surface area contributed by atoms with Crippen LogP contribution in [0.25, 0.3) is 0 Å². The van der Waals surface area contributed by atoms with Crippen molar-refractivity contribution in [3.63, 3.8) is 0 Å². The zero-order valence-electron chi connectivity index (χ0n) is 8.59. The Kier molecular flexibility index (Phi) is 2.34. The van der Waals surface area contributed by atoms with Crippen molar-refractivity contribution in [1.82, 2.24) is 10.6 Å². The van der Waals surface area contributed by atoms with Gasteiger partial charge < -0.3 is 10.6 Å². The van der Waals surface area contributed by atoms with Crippen LogP contribution in [0, 0.1) is 0 Å². The van der Waals surface area contributed by atoms with Crippen LogP contribution in [0.5, 0.6) is 0 Å². The van der Waals surface area contributed by atoms with Crippen molar-refractivity contribution in [3.05, 3.63) is 34.3 Å². The highest BCUT2D eigenvalue weighted by Gasteiger charge is 2.45. The number of hydrogen-bond donors (Lipinski definition) is 2. The fraction of sp³-hybridized carbons (Fsp3) is 0.500. The molecule has 1 aromatic rings. The van der Waals surface area contributed by atoms with Crippen LogP contribution in [-0.2, 0) is 5.54 Å². The van der Waals surface area contributed by atoms with E-state index in [1.54, 1.807) is 0 Å². The second-order valence-corrected chi connectivity index (χ2v) is 5.50. The average Bonchev–Trinajstić information content (AvgIpc) is 2.94. The zero-order chi connectivity index (χ0) is 10.3. The van der Waals surface area contributed by atoms with Crippen LogP contribution in [0.1, 0.15) is 18.4 Å². The lowest BCUT2D eigenvalue weighted by molar-refractivity contribution is 0.319. The lowest BCUT2D eigenvalue weighted by atomic mass is 10.0. The summed E-state index contributed by atoms with van der Waals surface area (Å²) in [6.07, 6.45) is 2.57. The molecule has 2 aliphatic rings. The molecule has 1 saturated carbocycles. The summed E-state index contributed by atoms with van der Waals surface area (Å²) < 4.78 is 1.16. The van der Waals surface area contributed by atoms with Crippen LogP contribution in [0.15, 0.2) is 28.7 Å². The van der Waals surface area contributed by atoms with E-state index in [9.17, 15) is 0 Å². The van der Waals surface area contributed by atoms with Gasteiger partial charge in [0.1, 0.15) is 0 Å². The minimum atomic E-state index is 0.299. The smallest absolute Gasteiger partial charge is 0.0439 e. The summed E-state index contributed by atoms with van der Waals surface area (Å²) in [6.45, 7) is 2.25. The Balaban J connectivity index is 1.76. The highest BCUT2D eigenvalue weighted by atomic mass is 79.9. The Morgan fingerprint density at radius 2 is 1.87 bits per heavy atom. The Morgan fingerprint density at radius 3 is 2.33 bits per heavy atom. The summed E-state index contributed by atoms with van der Waals surface area (Å²) in [6, 6.07) is 9.41. The Morgan fingerprint density at radius 1 is 1.20 bits per heavy atom. The zero-order valence-corrected chi connectivity index (χ0v) is 10.2. The summed E-state index contributed by atoms with van der Waals surface area (Å²) in [5.41, 5.74) is 1.74. The molecule has 0 unspecified atom stereocenters. The maximum Gasteiger partial charge on any atom is 0.0439 e. The van der Waals surface area contributed by atoms with Crippen LogP contribution < -0.4 is 10.6 Å². The first-order chi connectivity index (χ1) is 7.28. The van der Waals surface area contributed by atoms with E-state index < -0.39 is 0 Å². The molecule has 0 amide bonds. The molecule has 3 heteroatoms. The van der Waals surface area contributed by atoms with Gasteiger partial charge in [-0.05, 0) is 30.5 Å². The Bertz CT molecular complexity index is 352. The molecular weight excluding hydrogens is 252 g/mol. The monoisotopic (exact) mass is 266 g/mol. The fourth-order valence-corrected chi connectivity index (χ4v) is 2.46. The molecule has 3 rings (SSSR count). The lowest BCUT2D eigenvalue weighted by Crippen LogP contribution is -2.58. The van der Waals surface area contributed by atoms with E-state index in [1.165, 1.54) is 18.4 Å². The second-order valence-electron chi connectivity index (χ2n) is 4.59. The molecule has 1 aromatic carbocycles. The van der Waals surface area contributed by atoms with Crippen molar-refractivity contribution in [3.8, 4) is 0 Å². The minimum Gasteiger partial charge on any atom is -0.314 e. The fourth-order valence-electron chi connectivity index (χ4n) is 2.19. The molecule has 0 spiro atoms. The van der Waals surface area contributed by atoms with Crippen molar-refractivity contribution in [2.75, 3.05) is 13.1 Å². The van der Waals surface area contributed by atoms with E-state index in [-0.39, 0.29) is 0 Å². The maximum atomic E-state index is 3.76. The van der Waals surface area contributed by atoms with Gasteiger partial charge in [0.2, 0.25) is 0 Å². The Labute approximate surface area is 98.6 Å². The number of halogens is 1. The molecule has 1 aliphatic heterocycles. The van der Waals surface area contributed by atoms with Crippen LogP contribution in [0.2, 0.25) is 0 Å². The van der Waals surface area contributed by atoms with E-state index >= 15 is 0 Å². The first kappa shape index (κ1) is 9.82. The third-order valence-corrected chi connectivity index (χ3v) is 3.94. The third-order valence-electron chi connectivity index (χ3n) is 3.41. The molecule has 1 heterocycles. The van der Waals surface area contributed by atoms with E-state index in [2.05, 4.69) is 50.8 Å². The first-order valence-electron chi connectivity index (χ1n) is 5.53. The Hall–Kier alpha value is -0.380. The van der Waals surface area contributed by atoms with Gasteiger partial charge >= 0.3 is 0 Å². The van der Waals surface area contributed by atoms with Crippen LogP contribution >= 0.6 is 15.9 Å². The summed E-state index contributed by atoms with van der Waals surface area (Å²) in [7, 11) is 0. The maximum absolute atomic E-state index is 3.76. The molecule has 2 N–H and O–H groups in total. The van der Waals surface area contributed by atoms with E-state index in [0.29, 0.717) is 11.6 Å². The van der Waals surface area contributed by atoms with E-state index in [0.717, 1.165) is 17.6 Å². The summed E-state index contributed by atoms with van der Waals surface area (Å²) in [5.74, 6) is 0. The number of hydrogen-bond acceptors (Lipinski definition) is 2. The summed E-state index contributed by atoms with van der Waals surface area (Å²) >= 11 is 3.48. The lowest BCUT2D eigenvalue weighted by Gasteiger charge is -2.33. The highest BCUT2D eigenvalue weighted by Crippen LogP contribution is 2.46. The van der Waals surface area contributed by atoms with Gasteiger partial charge in [-0.3, -0.25) is 0 Å². The molecule has 2 nitrogen and oxygen atoms in total. The van der Waals surface area contributed by atoms with Crippen molar-refractivity contribution < 1.29 is 0 Å².